The van der Waals surface area contributed by atoms with Crippen LogP contribution in [0.25, 0.3) is 0 Å². The number of hydrogen-bond acceptors (Lipinski definition) is 3. The molecule has 108 valence electrons. The maximum absolute atomic E-state index is 12.3. The average molecular weight is 274 g/mol. The summed E-state index contributed by atoms with van der Waals surface area (Å²) in [4.78, 5) is 14.3. The third-order valence-electron chi connectivity index (χ3n) is 4.56. The monoisotopic (exact) mass is 274 g/mol. The van der Waals surface area contributed by atoms with Crippen molar-refractivity contribution in [1.29, 1.82) is 0 Å². The average Bonchev–Trinajstić information content (AvgIpc) is 2.76. The second-order valence-electron chi connectivity index (χ2n) is 5.79. The molecule has 2 fully saturated rings. The summed E-state index contributed by atoms with van der Waals surface area (Å²) in [5, 5.41) is 3.34. The van der Waals surface area contributed by atoms with E-state index in [4.69, 9.17) is 4.74 Å². The number of nitrogens with one attached hydrogen (secondary N) is 1. The van der Waals surface area contributed by atoms with E-state index in [1.807, 2.05) is 42.3 Å². The minimum Gasteiger partial charge on any atom is -0.445 e. The van der Waals surface area contributed by atoms with Gasteiger partial charge in [0.05, 0.1) is 0 Å². The highest BCUT2D eigenvalue weighted by atomic mass is 16.6. The van der Waals surface area contributed by atoms with Gasteiger partial charge in [0.2, 0.25) is 0 Å². The molecular formula is C16H22N2O2. The molecule has 4 nitrogen and oxygen atoms in total. The van der Waals surface area contributed by atoms with Gasteiger partial charge >= 0.3 is 6.09 Å². The van der Waals surface area contributed by atoms with Crippen LogP contribution >= 0.6 is 0 Å². The van der Waals surface area contributed by atoms with Crippen LogP contribution in [0.15, 0.2) is 30.3 Å². The van der Waals surface area contributed by atoms with Crippen molar-refractivity contribution in [3.63, 3.8) is 0 Å². The first-order chi connectivity index (χ1) is 9.78. The predicted molar refractivity (Wildman–Crippen MR) is 77.4 cm³/mol. The van der Waals surface area contributed by atoms with Crippen LogP contribution in [0.2, 0.25) is 0 Å². The maximum Gasteiger partial charge on any atom is 0.410 e. The van der Waals surface area contributed by atoms with Crippen molar-refractivity contribution < 1.29 is 9.53 Å². The number of carbonyl (C=O) groups excluding carboxylic acids is 1. The lowest BCUT2D eigenvalue weighted by Crippen LogP contribution is -2.50. The zero-order chi connectivity index (χ0) is 13.9. The van der Waals surface area contributed by atoms with Gasteiger partial charge in [-0.15, -0.1) is 0 Å². The van der Waals surface area contributed by atoms with E-state index < -0.39 is 0 Å². The zero-order valence-electron chi connectivity index (χ0n) is 11.9. The van der Waals surface area contributed by atoms with Crippen molar-refractivity contribution in [2.45, 2.75) is 50.4 Å². The third kappa shape index (κ3) is 2.66. The molecule has 1 N–H and O–H groups in total. The van der Waals surface area contributed by atoms with Crippen molar-refractivity contribution in [3.05, 3.63) is 35.9 Å². The molecule has 0 aromatic heterocycles. The summed E-state index contributed by atoms with van der Waals surface area (Å²) in [6.45, 7) is 0.366. The first-order valence-electron chi connectivity index (χ1n) is 7.44. The SMILES string of the molecule is CNC1C[C@H]2CC[C@@H](C1)N2C(=O)OCc1ccccc1. The second-order valence-corrected chi connectivity index (χ2v) is 5.79. The predicted octanol–water partition coefficient (Wildman–Crippen LogP) is 2.54. The Labute approximate surface area is 120 Å². The number of amides is 1. The number of hydrogen-bond donors (Lipinski definition) is 1. The van der Waals surface area contributed by atoms with E-state index in [9.17, 15) is 4.79 Å². The molecular weight excluding hydrogens is 252 g/mol. The van der Waals surface area contributed by atoms with E-state index in [1.165, 1.54) is 0 Å². The van der Waals surface area contributed by atoms with Gasteiger partial charge in [0.1, 0.15) is 6.61 Å². The highest BCUT2D eigenvalue weighted by Crippen LogP contribution is 2.36. The van der Waals surface area contributed by atoms with Gasteiger partial charge in [-0.05, 0) is 38.3 Å². The lowest BCUT2D eigenvalue weighted by molar-refractivity contribution is 0.0589. The molecule has 2 heterocycles. The minimum atomic E-state index is -0.143. The molecule has 1 amide bonds. The van der Waals surface area contributed by atoms with Gasteiger partial charge in [-0.2, -0.15) is 0 Å². The van der Waals surface area contributed by atoms with E-state index in [1.54, 1.807) is 0 Å². The molecule has 0 aliphatic carbocycles. The molecule has 2 saturated heterocycles. The summed E-state index contributed by atoms with van der Waals surface area (Å²) in [5.41, 5.74) is 1.04. The minimum absolute atomic E-state index is 0.143. The van der Waals surface area contributed by atoms with Crippen molar-refractivity contribution in [3.8, 4) is 0 Å². The van der Waals surface area contributed by atoms with E-state index in [2.05, 4.69) is 5.32 Å². The molecule has 2 aliphatic heterocycles. The normalized spacial score (nSPS) is 28.4. The van der Waals surface area contributed by atoms with Crippen LogP contribution in [0.5, 0.6) is 0 Å². The van der Waals surface area contributed by atoms with Crippen molar-refractivity contribution >= 4 is 6.09 Å². The molecule has 2 bridgehead atoms. The van der Waals surface area contributed by atoms with E-state index in [0.29, 0.717) is 24.7 Å². The molecule has 1 aromatic rings. The first-order valence-corrected chi connectivity index (χ1v) is 7.44. The Hall–Kier alpha value is -1.55. The fourth-order valence-electron chi connectivity index (χ4n) is 3.50. The number of piperidine rings is 1. The van der Waals surface area contributed by atoms with Gasteiger partial charge in [0.15, 0.2) is 0 Å². The Morgan fingerprint density at radius 1 is 1.25 bits per heavy atom. The largest absolute Gasteiger partial charge is 0.445 e. The standard InChI is InChI=1S/C16H22N2O2/c1-17-13-9-14-7-8-15(10-13)18(14)16(19)20-11-12-5-3-2-4-6-12/h2-6,13-15,17H,7-11H2,1H3/t13?,14-,15+. The van der Waals surface area contributed by atoms with Crippen LogP contribution < -0.4 is 5.32 Å². The van der Waals surface area contributed by atoms with Crippen LogP contribution in [0, 0.1) is 0 Å². The van der Waals surface area contributed by atoms with Crippen molar-refractivity contribution in [2.75, 3.05) is 7.05 Å². The smallest absolute Gasteiger partial charge is 0.410 e. The van der Waals surface area contributed by atoms with Gasteiger partial charge in [-0.3, -0.25) is 0 Å². The number of nitrogens with zero attached hydrogens (tertiary/aromatic N) is 1. The topological polar surface area (TPSA) is 41.6 Å². The number of benzene rings is 1. The third-order valence-corrected chi connectivity index (χ3v) is 4.56. The number of fused-ring (bicyclic) bond motifs is 2. The second kappa shape index (κ2) is 5.83. The molecule has 3 rings (SSSR count). The fourth-order valence-corrected chi connectivity index (χ4v) is 3.50. The van der Waals surface area contributed by atoms with Gasteiger partial charge < -0.3 is 15.0 Å². The quantitative estimate of drug-likeness (QED) is 0.921. The lowest BCUT2D eigenvalue weighted by Gasteiger charge is -2.38. The van der Waals surface area contributed by atoms with Crippen LogP contribution in [0.1, 0.15) is 31.2 Å². The van der Waals surface area contributed by atoms with Crippen molar-refractivity contribution in [1.82, 2.24) is 10.2 Å². The molecule has 20 heavy (non-hydrogen) atoms. The van der Waals surface area contributed by atoms with E-state index >= 15 is 0 Å². The summed E-state index contributed by atoms with van der Waals surface area (Å²) in [6.07, 6.45) is 4.18. The van der Waals surface area contributed by atoms with Crippen LogP contribution in [-0.2, 0) is 11.3 Å². The molecule has 0 spiro atoms. The van der Waals surface area contributed by atoms with Gasteiger partial charge in [-0.1, -0.05) is 30.3 Å². The van der Waals surface area contributed by atoms with Gasteiger partial charge in [0, 0.05) is 18.1 Å². The lowest BCUT2D eigenvalue weighted by atomic mass is 9.98. The molecule has 3 atom stereocenters. The summed E-state index contributed by atoms with van der Waals surface area (Å²) in [5.74, 6) is 0. The number of ether oxygens (including phenoxy) is 1. The number of carbonyl (C=O) groups is 1. The van der Waals surface area contributed by atoms with Crippen molar-refractivity contribution in [2.24, 2.45) is 0 Å². The molecule has 4 heteroatoms. The van der Waals surface area contributed by atoms with Crippen LogP contribution in [-0.4, -0.2) is 36.2 Å². The summed E-state index contributed by atoms with van der Waals surface area (Å²) >= 11 is 0. The Morgan fingerprint density at radius 3 is 2.50 bits per heavy atom. The summed E-state index contributed by atoms with van der Waals surface area (Å²) < 4.78 is 5.48. The molecule has 1 unspecified atom stereocenters. The summed E-state index contributed by atoms with van der Waals surface area (Å²) in [7, 11) is 2.01. The fraction of sp³-hybridized carbons (Fsp3) is 0.562. The Bertz CT molecular complexity index is 449. The van der Waals surface area contributed by atoms with E-state index in [0.717, 1.165) is 31.2 Å². The van der Waals surface area contributed by atoms with Crippen LogP contribution in [0.3, 0.4) is 0 Å². The molecule has 2 aliphatic rings. The molecule has 0 saturated carbocycles. The molecule has 1 aromatic carbocycles. The Balaban J connectivity index is 1.58. The first kappa shape index (κ1) is 13.4. The Morgan fingerprint density at radius 2 is 1.90 bits per heavy atom. The van der Waals surface area contributed by atoms with Gasteiger partial charge in [-0.25, -0.2) is 4.79 Å². The Kier molecular flexibility index (Phi) is 3.92. The zero-order valence-corrected chi connectivity index (χ0v) is 11.9. The summed E-state index contributed by atoms with van der Waals surface area (Å²) in [6, 6.07) is 11.1. The number of rotatable bonds is 3. The van der Waals surface area contributed by atoms with Gasteiger partial charge in [0.25, 0.3) is 0 Å². The maximum atomic E-state index is 12.3. The highest BCUT2D eigenvalue weighted by Gasteiger charge is 2.43. The van der Waals surface area contributed by atoms with E-state index in [-0.39, 0.29) is 6.09 Å². The molecule has 0 radical (unpaired) electrons. The van der Waals surface area contributed by atoms with Crippen LogP contribution in [0.4, 0.5) is 4.79 Å². The highest BCUT2D eigenvalue weighted by molar-refractivity contribution is 5.69.